The molecule has 1 amide bonds. The molecular weight excluding hydrogens is 456 g/mol. The Balaban J connectivity index is 0.00000115. The zero-order chi connectivity index (χ0) is 25.9. The van der Waals surface area contributed by atoms with Crippen molar-refractivity contribution in [2.45, 2.75) is 56.7 Å². The first-order valence-electron chi connectivity index (χ1n) is 12.6. The lowest BCUT2D eigenvalue weighted by Gasteiger charge is -2.28. The highest BCUT2D eigenvalue weighted by molar-refractivity contribution is 6.02. The number of hydrogen-bond acceptors (Lipinski definition) is 5. The molecule has 36 heavy (non-hydrogen) atoms. The standard InChI is InChI=1S/C27H36N4O2.CH2O2/c1-31(2)25-17-20(16-23-22(25)13-14-28-23)27(33)30-24(15-19-9-5-3-6-10-19)26(32)18-29-21-11-7-4-8-12-21;2-1-3/h3,5-6,9-10,13-14,16-17,21,24,26,28-29,32H,4,7-8,11-12,15,18H2,1-2H3,(H,30,33);1H,(H,2,3)/t24-,26+;/m0./s1. The molecule has 0 aliphatic heterocycles. The maximum atomic E-state index is 13.3. The van der Waals surface area contributed by atoms with Crippen molar-refractivity contribution < 1.29 is 19.8 Å². The molecule has 5 N–H and O–H groups in total. The van der Waals surface area contributed by atoms with E-state index in [1.807, 2.05) is 73.7 Å². The zero-order valence-electron chi connectivity index (χ0n) is 21.1. The molecule has 2 aromatic carbocycles. The van der Waals surface area contributed by atoms with Crippen LogP contribution in [0.1, 0.15) is 48.0 Å². The van der Waals surface area contributed by atoms with Crippen LogP contribution in [0, 0.1) is 0 Å². The molecule has 0 radical (unpaired) electrons. The van der Waals surface area contributed by atoms with Crippen LogP contribution in [-0.2, 0) is 11.2 Å². The average Bonchev–Trinajstić information content (AvgIpc) is 3.36. The van der Waals surface area contributed by atoms with Gasteiger partial charge in [-0.1, -0.05) is 49.6 Å². The normalized spacial score (nSPS) is 15.4. The summed E-state index contributed by atoms with van der Waals surface area (Å²) in [5.41, 5.74) is 3.58. The van der Waals surface area contributed by atoms with E-state index in [4.69, 9.17) is 9.90 Å². The number of hydrogen-bond donors (Lipinski definition) is 5. The molecule has 194 valence electrons. The molecule has 0 spiro atoms. The Morgan fingerprint density at radius 1 is 1.14 bits per heavy atom. The van der Waals surface area contributed by atoms with E-state index < -0.39 is 12.1 Å². The molecule has 1 aliphatic carbocycles. The van der Waals surface area contributed by atoms with Gasteiger partial charge in [0.25, 0.3) is 12.4 Å². The van der Waals surface area contributed by atoms with Gasteiger partial charge in [-0.3, -0.25) is 9.59 Å². The van der Waals surface area contributed by atoms with Crippen molar-refractivity contribution in [2.75, 3.05) is 25.5 Å². The van der Waals surface area contributed by atoms with Crippen LogP contribution in [0.5, 0.6) is 0 Å². The van der Waals surface area contributed by atoms with E-state index in [1.165, 1.54) is 19.3 Å². The topological polar surface area (TPSA) is 118 Å². The van der Waals surface area contributed by atoms with Crippen molar-refractivity contribution in [3.8, 4) is 0 Å². The minimum Gasteiger partial charge on any atom is -0.483 e. The largest absolute Gasteiger partial charge is 0.483 e. The number of aliphatic hydroxyl groups excluding tert-OH is 1. The number of anilines is 1. The monoisotopic (exact) mass is 494 g/mol. The number of fused-ring (bicyclic) bond motifs is 1. The van der Waals surface area contributed by atoms with Gasteiger partial charge in [-0.25, -0.2) is 0 Å². The highest BCUT2D eigenvalue weighted by atomic mass is 16.3. The van der Waals surface area contributed by atoms with Crippen LogP contribution in [0.3, 0.4) is 0 Å². The Hall–Kier alpha value is -3.36. The smallest absolute Gasteiger partial charge is 0.290 e. The fraction of sp³-hybridized carbons (Fsp3) is 0.429. The molecule has 4 rings (SSSR count). The highest BCUT2D eigenvalue weighted by Gasteiger charge is 2.24. The molecule has 0 saturated heterocycles. The second kappa shape index (κ2) is 13.7. The van der Waals surface area contributed by atoms with Gasteiger partial charge in [0, 0.05) is 55.0 Å². The Kier molecular flexibility index (Phi) is 10.3. The molecule has 1 fully saturated rings. The summed E-state index contributed by atoms with van der Waals surface area (Å²) in [7, 11) is 3.95. The third kappa shape index (κ3) is 7.57. The Morgan fingerprint density at radius 2 is 1.83 bits per heavy atom. The van der Waals surface area contributed by atoms with Crippen molar-refractivity contribution >= 4 is 29.0 Å². The minimum absolute atomic E-state index is 0.174. The highest BCUT2D eigenvalue weighted by Crippen LogP contribution is 2.27. The van der Waals surface area contributed by atoms with Crippen LogP contribution in [0.25, 0.3) is 10.9 Å². The second-order valence-electron chi connectivity index (χ2n) is 9.51. The van der Waals surface area contributed by atoms with E-state index in [2.05, 4.69) is 15.6 Å². The van der Waals surface area contributed by atoms with Crippen LogP contribution in [0.2, 0.25) is 0 Å². The summed E-state index contributed by atoms with van der Waals surface area (Å²) in [6.07, 6.45) is 7.88. The lowest BCUT2D eigenvalue weighted by Crippen LogP contribution is -2.50. The predicted molar refractivity (Wildman–Crippen MR) is 144 cm³/mol. The van der Waals surface area contributed by atoms with Crippen molar-refractivity contribution in [1.29, 1.82) is 0 Å². The average molecular weight is 495 g/mol. The second-order valence-corrected chi connectivity index (χ2v) is 9.51. The molecule has 1 saturated carbocycles. The van der Waals surface area contributed by atoms with E-state index in [0.29, 0.717) is 24.6 Å². The predicted octanol–water partition coefficient (Wildman–Crippen LogP) is 3.56. The summed E-state index contributed by atoms with van der Waals surface area (Å²) < 4.78 is 0. The third-order valence-corrected chi connectivity index (χ3v) is 6.69. The van der Waals surface area contributed by atoms with E-state index in [0.717, 1.165) is 35.0 Å². The van der Waals surface area contributed by atoms with Gasteiger partial charge in [0.2, 0.25) is 0 Å². The number of aromatic nitrogens is 1. The van der Waals surface area contributed by atoms with Gasteiger partial charge in [-0.2, -0.15) is 0 Å². The molecular formula is C28H38N4O4. The molecule has 1 aromatic heterocycles. The molecule has 0 unspecified atom stereocenters. The number of aromatic amines is 1. The fourth-order valence-electron chi connectivity index (χ4n) is 4.79. The van der Waals surface area contributed by atoms with Gasteiger partial charge in [0.05, 0.1) is 12.1 Å². The van der Waals surface area contributed by atoms with Crippen LogP contribution in [0.15, 0.2) is 54.7 Å². The maximum Gasteiger partial charge on any atom is 0.290 e. The lowest BCUT2D eigenvalue weighted by molar-refractivity contribution is -0.122. The zero-order valence-corrected chi connectivity index (χ0v) is 21.1. The van der Waals surface area contributed by atoms with Crippen LogP contribution in [-0.4, -0.2) is 66.4 Å². The molecule has 1 aliphatic rings. The van der Waals surface area contributed by atoms with Gasteiger partial charge in [0.1, 0.15) is 0 Å². The molecule has 0 bridgehead atoms. The van der Waals surface area contributed by atoms with E-state index in [-0.39, 0.29) is 12.4 Å². The van der Waals surface area contributed by atoms with Crippen LogP contribution in [0.4, 0.5) is 5.69 Å². The number of carboxylic acid groups (broad SMARTS) is 1. The molecule has 3 aromatic rings. The van der Waals surface area contributed by atoms with Crippen molar-refractivity contribution in [1.82, 2.24) is 15.6 Å². The number of benzene rings is 2. The molecule has 2 atom stereocenters. The van der Waals surface area contributed by atoms with Crippen LogP contribution >= 0.6 is 0 Å². The summed E-state index contributed by atoms with van der Waals surface area (Å²) in [6.45, 7) is 0.223. The maximum absolute atomic E-state index is 13.3. The SMILES string of the molecule is CN(C)c1cc(C(=O)N[C@@H](Cc2ccccc2)[C@H](O)CNC2CCCCC2)cc2[nH]ccc12.O=CO. The summed E-state index contributed by atoms with van der Waals surface area (Å²) in [4.78, 5) is 26.9. The van der Waals surface area contributed by atoms with Gasteiger partial charge < -0.3 is 30.7 Å². The van der Waals surface area contributed by atoms with Crippen LogP contribution < -0.4 is 15.5 Å². The third-order valence-electron chi connectivity index (χ3n) is 6.69. The first-order valence-corrected chi connectivity index (χ1v) is 12.6. The molecule has 1 heterocycles. The number of nitrogens with zero attached hydrogens (tertiary/aromatic N) is 1. The number of carbonyl (C=O) groups excluding carboxylic acids is 1. The minimum atomic E-state index is -0.682. The number of nitrogens with one attached hydrogen (secondary N) is 3. The van der Waals surface area contributed by atoms with Gasteiger partial charge in [0.15, 0.2) is 0 Å². The quantitative estimate of drug-likeness (QED) is 0.290. The summed E-state index contributed by atoms with van der Waals surface area (Å²) in [5.74, 6) is -0.174. The van der Waals surface area contributed by atoms with E-state index >= 15 is 0 Å². The first kappa shape index (κ1) is 27.2. The Morgan fingerprint density at radius 3 is 2.50 bits per heavy atom. The molecule has 8 heteroatoms. The Labute approximate surface area is 212 Å². The number of carbonyl (C=O) groups is 2. The summed E-state index contributed by atoms with van der Waals surface area (Å²) in [5, 5.41) is 25.7. The Bertz CT molecular complexity index is 1090. The lowest BCUT2D eigenvalue weighted by atomic mass is 9.95. The first-order chi connectivity index (χ1) is 17.4. The number of rotatable bonds is 9. The van der Waals surface area contributed by atoms with Crippen molar-refractivity contribution in [2.24, 2.45) is 0 Å². The van der Waals surface area contributed by atoms with Crippen molar-refractivity contribution in [3.05, 3.63) is 65.9 Å². The van der Waals surface area contributed by atoms with Gasteiger partial charge in [-0.05, 0) is 43.0 Å². The van der Waals surface area contributed by atoms with E-state index in [1.54, 1.807) is 0 Å². The summed E-state index contributed by atoms with van der Waals surface area (Å²) >= 11 is 0. The number of aliphatic hydroxyl groups is 1. The number of H-pyrrole nitrogens is 1. The van der Waals surface area contributed by atoms with E-state index in [9.17, 15) is 9.90 Å². The van der Waals surface area contributed by atoms with Crippen molar-refractivity contribution in [3.63, 3.8) is 0 Å². The number of amides is 1. The fourth-order valence-corrected chi connectivity index (χ4v) is 4.79. The van der Waals surface area contributed by atoms with Gasteiger partial charge in [-0.15, -0.1) is 0 Å². The summed E-state index contributed by atoms with van der Waals surface area (Å²) in [6, 6.07) is 15.9. The van der Waals surface area contributed by atoms with Gasteiger partial charge >= 0.3 is 0 Å². The molecule has 8 nitrogen and oxygen atoms in total.